The lowest BCUT2D eigenvalue weighted by atomic mass is 10.1. The SMILES string of the molecule is CCNCc1cccc(NC(=O)c2ccc(Cl)cc2Br)c1. The number of benzene rings is 2. The van der Waals surface area contributed by atoms with Crippen LogP contribution in [-0.2, 0) is 6.54 Å². The Kier molecular flexibility index (Phi) is 5.79. The van der Waals surface area contributed by atoms with Crippen LogP contribution in [-0.4, -0.2) is 12.5 Å². The first-order valence-corrected chi connectivity index (χ1v) is 7.83. The van der Waals surface area contributed by atoms with Gasteiger partial charge in [-0.1, -0.05) is 30.7 Å². The summed E-state index contributed by atoms with van der Waals surface area (Å²) in [5.41, 5.74) is 2.46. The van der Waals surface area contributed by atoms with E-state index in [-0.39, 0.29) is 5.91 Å². The molecule has 0 fully saturated rings. The van der Waals surface area contributed by atoms with Gasteiger partial charge in [0.15, 0.2) is 0 Å². The first-order valence-electron chi connectivity index (χ1n) is 6.66. The molecule has 0 aliphatic rings. The van der Waals surface area contributed by atoms with E-state index in [1.807, 2.05) is 24.3 Å². The Morgan fingerprint density at radius 2 is 2.05 bits per heavy atom. The fourth-order valence-electron chi connectivity index (χ4n) is 1.90. The van der Waals surface area contributed by atoms with Crippen molar-refractivity contribution in [3.05, 3.63) is 63.1 Å². The van der Waals surface area contributed by atoms with Crippen LogP contribution in [0.15, 0.2) is 46.9 Å². The summed E-state index contributed by atoms with van der Waals surface area (Å²) in [6.45, 7) is 3.75. The number of carbonyl (C=O) groups excluding carboxylic acids is 1. The number of hydrogen-bond acceptors (Lipinski definition) is 2. The van der Waals surface area contributed by atoms with Crippen molar-refractivity contribution in [1.29, 1.82) is 0 Å². The molecular formula is C16H16BrClN2O. The molecule has 2 N–H and O–H groups in total. The minimum absolute atomic E-state index is 0.167. The summed E-state index contributed by atoms with van der Waals surface area (Å²) in [6, 6.07) is 12.9. The number of rotatable bonds is 5. The molecule has 2 aromatic carbocycles. The second-order valence-corrected chi connectivity index (χ2v) is 5.85. The molecule has 0 unspecified atom stereocenters. The van der Waals surface area contributed by atoms with E-state index in [9.17, 15) is 4.79 Å². The first kappa shape index (κ1) is 16.0. The number of anilines is 1. The quantitative estimate of drug-likeness (QED) is 0.819. The molecule has 0 aliphatic heterocycles. The number of halogens is 2. The van der Waals surface area contributed by atoms with Gasteiger partial charge in [-0.3, -0.25) is 4.79 Å². The van der Waals surface area contributed by atoms with Crippen LogP contribution in [0.1, 0.15) is 22.8 Å². The van der Waals surface area contributed by atoms with E-state index in [0.29, 0.717) is 15.1 Å². The van der Waals surface area contributed by atoms with E-state index in [2.05, 4.69) is 33.5 Å². The molecule has 0 heterocycles. The molecule has 21 heavy (non-hydrogen) atoms. The van der Waals surface area contributed by atoms with Crippen LogP contribution in [0.4, 0.5) is 5.69 Å². The largest absolute Gasteiger partial charge is 0.322 e. The van der Waals surface area contributed by atoms with Gasteiger partial charge in [0.2, 0.25) is 0 Å². The molecule has 110 valence electrons. The molecule has 2 aromatic rings. The van der Waals surface area contributed by atoms with Crippen molar-refractivity contribution in [2.45, 2.75) is 13.5 Å². The number of carbonyl (C=O) groups is 1. The van der Waals surface area contributed by atoms with Crippen molar-refractivity contribution < 1.29 is 4.79 Å². The summed E-state index contributed by atoms with van der Waals surface area (Å²) in [4.78, 5) is 12.3. The lowest BCUT2D eigenvalue weighted by Gasteiger charge is -2.09. The molecule has 0 atom stereocenters. The Balaban J connectivity index is 2.12. The minimum atomic E-state index is -0.167. The second kappa shape index (κ2) is 7.59. The third-order valence-electron chi connectivity index (χ3n) is 2.94. The molecule has 0 radical (unpaired) electrons. The standard InChI is InChI=1S/C16H16BrClN2O/c1-2-19-10-11-4-3-5-13(8-11)20-16(21)14-7-6-12(18)9-15(14)17/h3-9,19H,2,10H2,1H3,(H,20,21). The van der Waals surface area contributed by atoms with Crippen LogP contribution in [0.25, 0.3) is 0 Å². The van der Waals surface area contributed by atoms with Crippen molar-refractivity contribution in [3.8, 4) is 0 Å². The molecule has 1 amide bonds. The maximum Gasteiger partial charge on any atom is 0.256 e. The summed E-state index contributed by atoms with van der Waals surface area (Å²) >= 11 is 9.24. The summed E-state index contributed by atoms with van der Waals surface area (Å²) in [5, 5.41) is 6.74. The van der Waals surface area contributed by atoms with Crippen LogP contribution in [0.3, 0.4) is 0 Å². The Hall–Kier alpha value is -1.36. The highest BCUT2D eigenvalue weighted by Crippen LogP contribution is 2.22. The Bertz CT molecular complexity index is 646. The highest BCUT2D eigenvalue weighted by molar-refractivity contribution is 9.10. The number of nitrogens with one attached hydrogen (secondary N) is 2. The van der Waals surface area contributed by atoms with Gasteiger partial charge < -0.3 is 10.6 Å². The van der Waals surface area contributed by atoms with Crippen LogP contribution in [0.2, 0.25) is 5.02 Å². The van der Waals surface area contributed by atoms with Gasteiger partial charge in [0.25, 0.3) is 5.91 Å². The molecule has 0 saturated carbocycles. The molecule has 0 bridgehead atoms. The van der Waals surface area contributed by atoms with Crippen LogP contribution >= 0.6 is 27.5 Å². The van der Waals surface area contributed by atoms with Crippen molar-refractivity contribution in [1.82, 2.24) is 5.32 Å². The van der Waals surface area contributed by atoms with Crippen LogP contribution in [0.5, 0.6) is 0 Å². The zero-order chi connectivity index (χ0) is 15.2. The van der Waals surface area contributed by atoms with Gasteiger partial charge in [-0.2, -0.15) is 0 Å². The first-order chi connectivity index (χ1) is 10.1. The molecule has 0 spiro atoms. The Labute approximate surface area is 137 Å². The topological polar surface area (TPSA) is 41.1 Å². The number of hydrogen-bond donors (Lipinski definition) is 2. The van der Waals surface area contributed by atoms with Crippen LogP contribution in [0, 0.1) is 0 Å². The average Bonchev–Trinajstić information content (AvgIpc) is 2.45. The smallest absolute Gasteiger partial charge is 0.256 e. The van der Waals surface area contributed by atoms with Gasteiger partial charge in [0.1, 0.15) is 0 Å². The lowest BCUT2D eigenvalue weighted by Crippen LogP contribution is -2.14. The van der Waals surface area contributed by atoms with Crippen molar-refractivity contribution in [2.75, 3.05) is 11.9 Å². The average molecular weight is 368 g/mol. The molecule has 0 saturated heterocycles. The maximum atomic E-state index is 12.3. The third kappa shape index (κ3) is 4.56. The zero-order valence-corrected chi connectivity index (χ0v) is 14.0. The predicted octanol–water partition coefficient (Wildman–Crippen LogP) is 4.46. The van der Waals surface area contributed by atoms with Crippen LogP contribution < -0.4 is 10.6 Å². The molecule has 3 nitrogen and oxygen atoms in total. The fourth-order valence-corrected chi connectivity index (χ4v) is 2.76. The zero-order valence-electron chi connectivity index (χ0n) is 11.6. The molecule has 0 aliphatic carbocycles. The number of amides is 1. The molecular weight excluding hydrogens is 352 g/mol. The normalized spacial score (nSPS) is 10.4. The van der Waals surface area contributed by atoms with E-state index >= 15 is 0 Å². The van der Waals surface area contributed by atoms with E-state index in [0.717, 1.165) is 24.3 Å². The lowest BCUT2D eigenvalue weighted by molar-refractivity contribution is 0.102. The van der Waals surface area contributed by atoms with E-state index in [1.54, 1.807) is 18.2 Å². The molecule has 2 rings (SSSR count). The fraction of sp³-hybridized carbons (Fsp3) is 0.188. The van der Waals surface area contributed by atoms with Gasteiger partial charge in [-0.05, 0) is 58.4 Å². The van der Waals surface area contributed by atoms with Gasteiger partial charge in [0.05, 0.1) is 5.56 Å². The second-order valence-electron chi connectivity index (χ2n) is 4.56. The van der Waals surface area contributed by atoms with Gasteiger partial charge in [0, 0.05) is 21.7 Å². The van der Waals surface area contributed by atoms with Crippen molar-refractivity contribution in [2.24, 2.45) is 0 Å². The third-order valence-corrected chi connectivity index (χ3v) is 3.83. The highest BCUT2D eigenvalue weighted by Gasteiger charge is 2.10. The van der Waals surface area contributed by atoms with Crippen molar-refractivity contribution >= 4 is 39.1 Å². The summed E-state index contributed by atoms with van der Waals surface area (Å²) in [7, 11) is 0. The molecule has 0 aromatic heterocycles. The van der Waals surface area contributed by atoms with E-state index in [4.69, 9.17) is 11.6 Å². The van der Waals surface area contributed by atoms with E-state index < -0.39 is 0 Å². The monoisotopic (exact) mass is 366 g/mol. The van der Waals surface area contributed by atoms with Gasteiger partial charge in [-0.15, -0.1) is 0 Å². The summed E-state index contributed by atoms with van der Waals surface area (Å²) < 4.78 is 0.677. The van der Waals surface area contributed by atoms with Crippen molar-refractivity contribution in [3.63, 3.8) is 0 Å². The maximum absolute atomic E-state index is 12.3. The summed E-state index contributed by atoms with van der Waals surface area (Å²) in [5.74, 6) is -0.167. The van der Waals surface area contributed by atoms with Gasteiger partial charge >= 0.3 is 0 Å². The van der Waals surface area contributed by atoms with E-state index in [1.165, 1.54) is 0 Å². The van der Waals surface area contributed by atoms with Gasteiger partial charge in [-0.25, -0.2) is 0 Å². The Morgan fingerprint density at radius 1 is 1.24 bits per heavy atom. The Morgan fingerprint density at radius 3 is 2.76 bits per heavy atom. The predicted molar refractivity (Wildman–Crippen MR) is 90.9 cm³/mol. The molecule has 5 heteroatoms. The highest BCUT2D eigenvalue weighted by atomic mass is 79.9. The minimum Gasteiger partial charge on any atom is -0.322 e. The summed E-state index contributed by atoms with van der Waals surface area (Å²) in [6.07, 6.45) is 0.